The first-order chi connectivity index (χ1) is 30.0. The topological polar surface area (TPSA) is 105 Å². The molecule has 3 atom stereocenters. The number of amides is 1. The third-order valence-corrected chi connectivity index (χ3v) is 12.8. The van der Waals surface area contributed by atoms with E-state index in [4.69, 9.17) is 9.05 Å². The molecule has 0 rings (SSSR count). The number of phosphoric ester groups is 1. The molecule has 3 N–H and O–H groups in total. The van der Waals surface area contributed by atoms with Gasteiger partial charge < -0.3 is 19.8 Å². The number of allylic oxidation sites excluding steroid dienone is 5. The van der Waals surface area contributed by atoms with Crippen molar-refractivity contribution in [2.75, 3.05) is 40.9 Å². The van der Waals surface area contributed by atoms with Crippen molar-refractivity contribution in [1.82, 2.24) is 5.32 Å². The zero-order valence-corrected chi connectivity index (χ0v) is 42.5. The molecule has 0 aromatic heterocycles. The molecule has 0 aromatic rings. The van der Waals surface area contributed by atoms with Crippen molar-refractivity contribution in [1.29, 1.82) is 0 Å². The van der Waals surface area contributed by atoms with Crippen LogP contribution in [0.5, 0.6) is 0 Å². The first-order valence-corrected chi connectivity index (χ1v) is 27.9. The van der Waals surface area contributed by atoms with Gasteiger partial charge in [-0.2, -0.15) is 0 Å². The fourth-order valence-corrected chi connectivity index (χ4v) is 8.40. The molecule has 8 nitrogen and oxygen atoms in total. The van der Waals surface area contributed by atoms with E-state index in [0.29, 0.717) is 17.4 Å². The molecule has 0 spiro atoms. The number of nitrogens with one attached hydrogen (secondary N) is 1. The Morgan fingerprint density at radius 2 is 0.952 bits per heavy atom. The van der Waals surface area contributed by atoms with Crippen LogP contribution >= 0.6 is 7.82 Å². The summed E-state index contributed by atoms with van der Waals surface area (Å²) in [6.07, 6.45) is 56.7. The highest BCUT2D eigenvalue weighted by Crippen LogP contribution is 2.43. The molecule has 1 amide bonds. The van der Waals surface area contributed by atoms with Gasteiger partial charge in [-0.15, -0.1) is 0 Å². The highest BCUT2D eigenvalue weighted by molar-refractivity contribution is 7.47. The number of hydrogen-bond acceptors (Lipinski definition) is 5. The summed E-state index contributed by atoms with van der Waals surface area (Å²) >= 11 is 0. The van der Waals surface area contributed by atoms with Crippen LogP contribution in [0.4, 0.5) is 0 Å². The lowest BCUT2D eigenvalue weighted by atomic mass is 10.0. The fourth-order valence-electron chi connectivity index (χ4n) is 7.67. The number of quaternary nitrogens is 1. The molecular formula is C53H104N2O6P+. The van der Waals surface area contributed by atoms with Crippen molar-refractivity contribution >= 4 is 13.7 Å². The monoisotopic (exact) mass is 896 g/mol. The van der Waals surface area contributed by atoms with E-state index in [1.807, 2.05) is 27.2 Å². The Kier molecular flexibility index (Phi) is 44.0. The summed E-state index contributed by atoms with van der Waals surface area (Å²) in [6.45, 7) is 4.75. The number of carbonyl (C=O) groups excluding carboxylic acids is 1. The van der Waals surface area contributed by atoms with Gasteiger partial charge in [0.15, 0.2) is 0 Å². The van der Waals surface area contributed by atoms with E-state index >= 15 is 0 Å². The Morgan fingerprint density at radius 1 is 0.548 bits per heavy atom. The van der Waals surface area contributed by atoms with Crippen molar-refractivity contribution in [3.63, 3.8) is 0 Å². The molecule has 0 bridgehead atoms. The van der Waals surface area contributed by atoms with E-state index in [1.165, 1.54) is 154 Å². The molecule has 0 saturated heterocycles. The number of carbonyl (C=O) groups is 1. The standard InChI is InChI=1S/C53H103N2O6P/c1-6-8-10-12-14-16-18-20-21-22-23-24-25-26-27-28-29-30-31-32-33-35-36-38-40-42-44-46-52(56)51(50-61-62(58,59)60-49-48-55(3,4)5)54-53(57)47-45-43-41-39-37-34-19-17-15-13-11-9-7-2/h11,13,17,19,44,46,51-52,56H,6-10,12,14-16,18,20-43,45,47-50H2,1-5H3,(H-,54,57,58,59)/p+1/b13-11-,19-17-,46-44+. The number of unbranched alkanes of at least 4 members (excludes halogenated alkanes) is 31. The van der Waals surface area contributed by atoms with E-state index < -0.39 is 20.0 Å². The van der Waals surface area contributed by atoms with Gasteiger partial charge in [0.2, 0.25) is 5.91 Å². The minimum absolute atomic E-state index is 0.0586. The molecule has 0 radical (unpaired) electrons. The van der Waals surface area contributed by atoms with Crippen LogP contribution in [-0.4, -0.2) is 73.4 Å². The smallest absolute Gasteiger partial charge is 0.387 e. The molecular weight excluding hydrogens is 792 g/mol. The Balaban J connectivity index is 4.18. The molecule has 366 valence electrons. The average Bonchev–Trinajstić information content (AvgIpc) is 3.23. The number of rotatable bonds is 48. The highest BCUT2D eigenvalue weighted by atomic mass is 31.2. The van der Waals surface area contributed by atoms with Gasteiger partial charge >= 0.3 is 7.82 Å². The minimum Gasteiger partial charge on any atom is -0.387 e. The molecule has 3 unspecified atom stereocenters. The second kappa shape index (κ2) is 44.9. The van der Waals surface area contributed by atoms with Crippen molar-refractivity contribution < 1.29 is 32.9 Å². The van der Waals surface area contributed by atoms with Crippen LogP contribution in [0.2, 0.25) is 0 Å². The minimum atomic E-state index is -4.34. The lowest BCUT2D eigenvalue weighted by molar-refractivity contribution is -0.870. The number of phosphoric acid groups is 1. The number of aliphatic hydroxyl groups excluding tert-OH is 1. The SMILES string of the molecule is CCC/C=C\C/C=C\CCCCCCCC(=O)NC(COP(=O)(O)OCC[N+](C)(C)C)C(O)/C=C/CCCCCCCCCCCCCCCCCCCCCCCCCCC. The first kappa shape index (κ1) is 60.7. The van der Waals surface area contributed by atoms with E-state index in [2.05, 4.69) is 43.5 Å². The molecule has 0 fully saturated rings. The van der Waals surface area contributed by atoms with Gasteiger partial charge in [-0.1, -0.05) is 230 Å². The molecule has 0 aliphatic rings. The van der Waals surface area contributed by atoms with Crippen molar-refractivity contribution in [2.24, 2.45) is 0 Å². The van der Waals surface area contributed by atoms with Crippen molar-refractivity contribution in [3.05, 3.63) is 36.5 Å². The summed E-state index contributed by atoms with van der Waals surface area (Å²) in [5.41, 5.74) is 0. The van der Waals surface area contributed by atoms with Crippen molar-refractivity contribution in [3.8, 4) is 0 Å². The molecule has 0 aliphatic carbocycles. The van der Waals surface area contributed by atoms with Crippen LogP contribution in [0.3, 0.4) is 0 Å². The lowest BCUT2D eigenvalue weighted by Gasteiger charge is -2.25. The van der Waals surface area contributed by atoms with Crippen LogP contribution in [-0.2, 0) is 18.4 Å². The summed E-state index contributed by atoms with van der Waals surface area (Å²) in [5, 5.41) is 13.9. The Bertz CT molecular complexity index is 1110. The van der Waals surface area contributed by atoms with E-state index in [9.17, 15) is 19.4 Å². The quantitative estimate of drug-likeness (QED) is 0.0243. The molecule has 9 heteroatoms. The molecule has 0 heterocycles. The molecule has 62 heavy (non-hydrogen) atoms. The Labute approximate surface area is 385 Å². The van der Waals surface area contributed by atoms with Gasteiger partial charge in [-0.05, 0) is 44.9 Å². The highest BCUT2D eigenvalue weighted by Gasteiger charge is 2.27. The van der Waals surface area contributed by atoms with Crippen LogP contribution in [0.15, 0.2) is 36.5 Å². The fraction of sp³-hybridized carbons (Fsp3) is 0.868. The third kappa shape index (κ3) is 46.7. The van der Waals surface area contributed by atoms with Crippen LogP contribution in [0.1, 0.15) is 245 Å². The molecule has 0 saturated carbocycles. The van der Waals surface area contributed by atoms with Gasteiger partial charge in [0.05, 0.1) is 39.9 Å². The van der Waals surface area contributed by atoms with E-state index in [0.717, 1.165) is 70.6 Å². The van der Waals surface area contributed by atoms with Gasteiger partial charge in [-0.3, -0.25) is 13.8 Å². The maximum Gasteiger partial charge on any atom is 0.472 e. The molecule has 0 aliphatic heterocycles. The summed E-state index contributed by atoms with van der Waals surface area (Å²) in [4.78, 5) is 23.2. The second-order valence-electron chi connectivity index (χ2n) is 19.3. The van der Waals surface area contributed by atoms with Gasteiger partial charge in [0.25, 0.3) is 0 Å². The summed E-state index contributed by atoms with van der Waals surface area (Å²) < 4.78 is 23.6. The zero-order valence-electron chi connectivity index (χ0n) is 41.6. The maximum absolute atomic E-state index is 12.9. The zero-order chi connectivity index (χ0) is 45.7. The first-order valence-electron chi connectivity index (χ1n) is 26.4. The largest absolute Gasteiger partial charge is 0.472 e. The Hall–Kier alpha value is -1.28. The number of likely N-dealkylation sites (N-methyl/N-ethyl adjacent to an activating group) is 1. The van der Waals surface area contributed by atoms with Crippen molar-refractivity contribution in [2.45, 2.75) is 257 Å². The van der Waals surface area contributed by atoms with E-state index in [-0.39, 0.29) is 19.1 Å². The summed E-state index contributed by atoms with van der Waals surface area (Å²) in [6, 6.07) is -0.853. The summed E-state index contributed by atoms with van der Waals surface area (Å²) in [5.74, 6) is -0.191. The van der Waals surface area contributed by atoms with Crippen LogP contribution in [0, 0.1) is 0 Å². The number of hydrogen-bond donors (Lipinski definition) is 3. The van der Waals surface area contributed by atoms with E-state index in [1.54, 1.807) is 6.08 Å². The number of nitrogens with zero attached hydrogens (tertiary/aromatic N) is 1. The lowest BCUT2D eigenvalue weighted by Crippen LogP contribution is -2.45. The van der Waals surface area contributed by atoms with Gasteiger partial charge in [0, 0.05) is 6.42 Å². The van der Waals surface area contributed by atoms with Crippen LogP contribution < -0.4 is 5.32 Å². The molecule has 0 aromatic carbocycles. The number of aliphatic hydroxyl groups is 1. The maximum atomic E-state index is 12.9. The van der Waals surface area contributed by atoms with Gasteiger partial charge in [0.1, 0.15) is 13.2 Å². The third-order valence-electron chi connectivity index (χ3n) is 11.8. The summed E-state index contributed by atoms with van der Waals surface area (Å²) in [7, 11) is 1.56. The predicted molar refractivity (Wildman–Crippen MR) is 268 cm³/mol. The normalized spacial score (nSPS) is 14.4. The van der Waals surface area contributed by atoms with Crippen LogP contribution in [0.25, 0.3) is 0 Å². The Morgan fingerprint density at radius 3 is 1.39 bits per heavy atom. The predicted octanol–water partition coefficient (Wildman–Crippen LogP) is 15.4. The average molecular weight is 896 g/mol. The van der Waals surface area contributed by atoms with Gasteiger partial charge in [-0.25, -0.2) is 4.57 Å². The second-order valence-corrected chi connectivity index (χ2v) is 20.7.